The minimum atomic E-state index is -0.0740. The number of carbonyl (C=O) groups is 1. The van der Waals surface area contributed by atoms with Gasteiger partial charge in [0.2, 0.25) is 0 Å². The topological polar surface area (TPSA) is 56.2 Å². The van der Waals surface area contributed by atoms with Crippen LogP contribution < -0.4 is 5.73 Å². The third-order valence-corrected chi connectivity index (χ3v) is 1.83. The molecule has 1 atom stereocenters. The molecule has 12 heavy (non-hydrogen) atoms. The minimum absolute atomic E-state index is 0.0740. The largest absolute Gasteiger partial charge is 0.469 e. The molecule has 0 aliphatic rings. The van der Waals surface area contributed by atoms with Crippen LogP contribution in [0.15, 0.2) is 22.8 Å². The molecule has 66 valence electrons. The molecule has 3 nitrogen and oxygen atoms in total. The lowest BCUT2D eigenvalue weighted by atomic mass is 10.0. The maximum absolute atomic E-state index is 11.3. The van der Waals surface area contributed by atoms with E-state index in [0.717, 1.165) is 0 Å². The molecule has 3 heteroatoms. The van der Waals surface area contributed by atoms with Crippen LogP contribution in [0.2, 0.25) is 0 Å². The lowest BCUT2D eigenvalue weighted by Crippen LogP contribution is -2.21. The van der Waals surface area contributed by atoms with Crippen molar-refractivity contribution in [1.82, 2.24) is 0 Å². The zero-order valence-electron chi connectivity index (χ0n) is 7.12. The summed E-state index contributed by atoms with van der Waals surface area (Å²) in [5.74, 6) is 0.767. The molecule has 0 aliphatic heterocycles. The SMILES string of the molecule is CC(CN)C(=O)Cc1ccco1. The highest BCUT2D eigenvalue weighted by molar-refractivity contribution is 5.82. The normalized spacial score (nSPS) is 12.8. The van der Waals surface area contributed by atoms with Gasteiger partial charge in [0.25, 0.3) is 0 Å². The Bertz CT molecular complexity index is 241. The molecule has 0 bridgehead atoms. The Hall–Kier alpha value is -1.09. The first-order chi connectivity index (χ1) is 5.74. The van der Waals surface area contributed by atoms with E-state index in [0.29, 0.717) is 18.7 Å². The molecule has 1 rings (SSSR count). The molecule has 1 aromatic heterocycles. The van der Waals surface area contributed by atoms with Crippen molar-refractivity contribution in [3.05, 3.63) is 24.2 Å². The van der Waals surface area contributed by atoms with Crippen LogP contribution in [0.3, 0.4) is 0 Å². The first-order valence-electron chi connectivity index (χ1n) is 3.99. The Labute approximate surface area is 71.6 Å². The molecule has 0 aromatic carbocycles. The summed E-state index contributed by atoms with van der Waals surface area (Å²) in [6, 6.07) is 3.57. The molecule has 1 heterocycles. The van der Waals surface area contributed by atoms with E-state index in [9.17, 15) is 4.79 Å². The zero-order chi connectivity index (χ0) is 8.97. The van der Waals surface area contributed by atoms with Crippen molar-refractivity contribution in [2.24, 2.45) is 11.7 Å². The van der Waals surface area contributed by atoms with Gasteiger partial charge in [-0.2, -0.15) is 0 Å². The number of rotatable bonds is 4. The van der Waals surface area contributed by atoms with Crippen LogP contribution >= 0.6 is 0 Å². The van der Waals surface area contributed by atoms with Gasteiger partial charge in [-0.05, 0) is 12.1 Å². The van der Waals surface area contributed by atoms with Gasteiger partial charge < -0.3 is 10.2 Å². The van der Waals surface area contributed by atoms with Gasteiger partial charge in [-0.1, -0.05) is 6.92 Å². The second kappa shape index (κ2) is 4.07. The van der Waals surface area contributed by atoms with Gasteiger partial charge in [-0.3, -0.25) is 4.79 Å². The highest BCUT2D eigenvalue weighted by atomic mass is 16.3. The molecule has 0 saturated heterocycles. The summed E-state index contributed by atoms with van der Waals surface area (Å²) in [4.78, 5) is 11.3. The van der Waals surface area contributed by atoms with Gasteiger partial charge >= 0.3 is 0 Å². The molecule has 0 fully saturated rings. The Morgan fingerprint density at radius 3 is 3.00 bits per heavy atom. The van der Waals surface area contributed by atoms with Gasteiger partial charge in [0, 0.05) is 12.5 Å². The van der Waals surface area contributed by atoms with Crippen molar-refractivity contribution >= 4 is 5.78 Å². The van der Waals surface area contributed by atoms with Gasteiger partial charge in [-0.25, -0.2) is 0 Å². The van der Waals surface area contributed by atoms with E-state index in [-0.39, 0.29) is 11.7 Å². The molecule has 0 spiro atoms. The molecule has 0 amide bonds. The van der Waals surface area contributed by atoms with Gasteiger partial charge in [0.15, 0.2) is 0 Å². The van der Waals surface area contributed by atoms with E-state index in [2.05, 4.69) is 0 Å². The van der Waals surface area contributed by atoms with Crippen molar-refractivity contribution < 1.29 is 9.21 Å². The molecule has 1 unspecified atom stereocenters. The first-order valence-corrected chi connectivity index (χ1v) is 3.99. The second-order valence-electron chi connectivity index (χ2n) is 2.86. The van der Waals surface area contributed by atoms with E-state index in [1.807, 2.05) is 6.92 Å². The maximum Gasteiger partial charge on any atom is 0.144 e. The van der Waals surface area contributed by atoms with E-state index in [1.54, 1.807) is 18.4 Å². The summed E-state index contributed by atoms with van der Waals surface area (Å²) < 4.78 is 5.04. The molecule has 1 aromatic rings. The average molecular weight is 167 g/mol. The number of ketones is 1. The van der Waals surface area contributed by atoms with Crippen LogP contribution in [-0.4, -0.2) is 12.3 Å². The minimum Gasteiger partial charge on any atom is -0.469 e. The third-order valence-electron chi connectivity index (χ3n) is 1.83. The van der Waals surface area contributed by atoms with E-state index in [1.165, 1.54) is 0 Å². The van der Waals surface area contributed by atoms with Crippen molar-refractivity contribution in [1.29, 1.82) is 0 Å². The number of carbonyl (C=O) groups excluding carboxylic acids is 1. The number of hydrogen-bond donors (Lipinski definition) is 1. The lowest BCUT2D eigenvalue weighted by molar-refractivity contribution is -0.121. The third kappa shape index (κ3) is 2.20. The van der Waals surface area contributed by atoms with Gasteiger partial charge in [-0.15, -0.1) is 0 Å². The summed E-state index contributed by atoms with van der Waals surface area (Å²) in [5.41, 5.74) is 5.35. The molecule has 0 saturated carbocycles. The zero-order valence-corrected chi connectivity index (χ0v) is 7.12. The van der Waals surface area contributed by atoms with Crippen LogP contribution in [0.5, 0.6) is 0 Å². The Kier molecular flexibility index (Phi) is 3.05. The highest BCUT2D eigenvalue weighted by Crippen LogP contribution is 2.05. The van der Waals surface area contributed by atoms with E-state index < -0.39 is 0 Å². The van der Waals surface area contributed by atoms with Crippen LogP contribution in [0.1, 0.15) is 12.7 Å². The monoisotopic (exact) mass is 167 g/mol. The fourth-order valence-electron chi connectivity index (χ4n) is 0.891. The van der Waals surface area contributed by atoms with Crippen molar-refractivity contribution in [3.63, 3.8) is 0 Å². The van der Waals surface area contributed by atoms with Gasteiger partial charge in [0.05, 0.1) is 12.7 Å². The fourth-order valence-corrected chi connectivity index (χ4v) is 0.891. The summed E-state index contributed by atoms with van der Waals surface area (Å²) in [6.07, 6.45) is 1.92. The Balaban J connectivity index is 2.47. The molecular weight excluding hydrogens is 154 g/mol. The molecular formula is C9H13NO2. The predicted molar refractivity (Wildman–Crippen MR) is 45.6 cm³/mol. The highest BCUT2D eigenvalue weighted by Gasteiger charge is 2.12. The standard InChI is InChI=1S/C9H13NO2/c1-7(6-10)9(11)5-8-3-2-4-12-8/h2-4,7H,5-6,10H2,1H3. The number of furan rings is 1. The second-order valence-corrected chi connectivity index (χ2v) is 2.86. The predicted octanol–water partition coefficient (Wildman–Crippen LogP) is 0.986. The Morgan fingerprint density at radius 1 is 1.75 bits per heavy atom. The molecule has 2 N–H and O–H groups in total. The molecule has 0 radical (unpaired) electrons. The van der Waals surface area contributed by atoms with Crippen molar-refractivity contribution in [3.8, 4) is 0 Å². The van der Waals surface area contributed by atoms with Crippen molar-refractivity contribution in [2.75, 3.05) is 6.54 Å². The van der Waals surface area contributed by atoms with Crippen LogP contribution in [0.4, 0.5) is 0 Å². The Morgan fingerprint density at radius 2 is 2.50 bits per heavy atom. The van der Waals surface area contributed by atoms with Crippen molar-refractivity contribution in [2.45, 2.75) is 13.3 Å². The lowest BCUT2D eigenvalue weighted by Gasteiger charge is -2.04. The summed E-state index contributed by atoms with van der Waals surface area (Å²) in [5, 5.41) is 0. The quantitative estimate of drug-likeness (QED) is 0.727. The van der Waals surface area contributed by atoms with E-state index >= 15 is 0 Å². The summed E-state index contributed by atoms with van der Waals surface area (Å²) in [6.45, 7) is 2.23. The van der Waals surface area contributed by atoms with Crippen LogP contribution in [0.25, 0.3) is 0 Å². The number of hydrogen-bond acceptors (Lipinski definition) is 3. The molecule has 0 aliphatic carbocycles. The first kappa shape index (κ1) is 9.00. The summed E-state index contributed by atoms with van der Waals surface area (Å²) >= 11 is 0. The maximum atomic E-state index is 11.3. The number of nitrogens with two attached hydrogens (primary N) is 1. The van der Waals surface area contributed by atoms with Crippen LogP contribution in [-0.2, 0) is 11.2 Å². The smallest absolute Gasteiger partial charge is 0.144 e. The van der Waals surface area contributed by atoms with E-state index in [4.69, 9.17) is 10.2 Å². The average Bonchev–Trinajstić information content (AvgIpc) is 2.55. The van der Waals surface area contributed by atoms with Gasteiger partial charge in [0.1, 0.15) is 11.5 Å². The fraction of sp³-hybridized carbons (Fsp3) is 0.444. The summed E-state index contributed by atoms with van der Waals surface area (Å²) in [7, 11) is 0. The number of Topliss-reactive ketones (excluding diaryl/α,β-unsaturated/α-hetero) is 1. The van der Waals surface area contributed by atoms with Crippen LogP contribution in [0, 0.1) is 5.92 Å².